The Morgan fingerprint density at radius 3 is 2.64 bits per heavy atom. The van der Waals surface area contributed by atoms with Crippen molar-refractivity contribution in [3.63, 3.8) is 0 Å². The van der Waals surface area contributed by atoms with Gasteiger partial charge in [-0.2, -0.15) is 5.10 Å². The van der Waals surface area contributed by atoms with Crippen LogP contribution >= 0.6 is 0 Å². The average molecular weight is 378 g/mol. The van der Waals surface area contributed by atoms with Crippen LogP contribution in [0.1, 0.15) is 36.6 Å². The monoisotopic (exact) mass is 378 g/mol. The summed E-state index contributed by atoms with van der Waals surface area (Å²) in [5, 5.41) is 4.71. The number of nitrogens with zero attached hydrogens (tertiary/aromatic N) is 4. The van der Waals surface area contributed by atoms with E-state index >= 15 is 0 Å². The number of benzene rings is 1. The third kappa shape index (κ3) is 3.81. The molecule has 28 heavy (non-hydrogen) atoms. The van der Waals surface area contributed by atoms with Crippen molar-refractivity contribution < 1.29 is 9.18 Å². The van der Waals surface area contributed by atoms with Crippen LogP contribution in [0.3, 0.4) is 0 Å². The molecule has 144 valence electrons. The van der Waals surface area contributed by atoms with Gasteiger partial charge in [-0.15, -0.1) is 0 Å². The van der Waals surface area contributed by atoms with Gasteiger partial charge in [-0.1, -0.05) is 12.1 Å². The van der Waals surface area contributed by atoms with Crippen molar-refractivity contribution in [1.29, 1.82) is 0 Å². The SMILES string of the molecule is Cn1cc(-c2ccncc2)c([C@@H]2CCCCN2C(=O)Cc2ccc(F)cc2)n1. The molecule has 0 bridgehead atoms. The maximum absolute atomic E-state index is 13.2. The highest BCUT2D eigenvalue weighted by Gasteiger charge is 2.31. The third-order valence-electron chi connectivity index (χ3n) is 5.26. The summed E-state index contributed by atoms with van der Waals surface area (Å²) in [4.78, 5) is 19.1. The van der Waals surface area contributed by atoms with E-state index in [1.165, 1.54) is 12.1 Å². The van der Waals surface area contributed by atoms with Crippen LogP contribution in [-0.4, -0.2) is 32.1 Å². The number of amides is 1. The fourth-order valence-corrected chi connectivity index (χ4v) is 3.90. The van der Waals surface area contributed by atoms with Gasteiger partial charge in [0, 0.05) is 37.7 Å². The van der Waals surface area contributed by atoms with Crippen molar-refractivity contribution in [3.05, 3.63) is 72.1 Å². The fraction of sp³-hybridized carbons (Fsp3) is 0.318. The van der Waals surface area contributed by atoms with Crippen molar-refractivity contribution in [2.75, 3.05) is 6.54 Å². The predicted octanol–water partition coefficient (Wildman–Crippen LogP) is 3.92. The summed E-state index contributed by atoms with van der Waals surface area (Å²) in [5.41, 5.74) is 3.85. The van der Waals surface area contributed by atoms with Crippen LogP contribution in [0.15, 0.2) is 55.0 Å². The van der Waals surface area contributed by atoms with Crippen molar-refractivity contribution in [2.24, 2.45) is 7.05 Å². The average Bonchev–Trinajstić information content (AvgIpc) is 3.12. The minimum absolute atomic E-state index is 0.0499. The first-order valence-corrected chi connectivity index (χ1v) is 9.59. The molecule has 1 amide bonds. The van der Waals surface area contributed by atoms with E-state index in [9.17, 15) is 9.18 Å². The Labute approximate surface area is 163 Å². The molecule has 1 aromatic carbocycles. The summed E-state index contributed by atoms with van der Waals surface area (Å²) in [6.07, 6.45) is 8.76. The van der Waals surface area contributed by atoms with Crippen molar-refractivity contribution in [3.8, 4) is 11.1 Å². The van der Waals surface area contributed by atoms with E-state index < -0.39 is 0 Å². The molecular formula is C22H23FN4O. The van der Waals surface area contributed by atoms with E-state index in [1.54, 1.807) is 24.5 Å². The van der Waals surface area contributed by atoms with Gasteiger partial charge in [0.1, 0.15) is 5.82 Å². The minimum atomic E-state index is -0.289. The number of piperidine rings is 1. The summed E-state index contributed by atoms with van der Waals surface area (Å²) in [6.45, 7) is 0.719. The molecule has 6 heteroatoms. The summed E-state index contributed by atoms with van der Waals surface area (Å²) < 4.78 is 15.0. The molecule has 5 nitrogen and oxygen atoms in total. The molecule has 1 aliphatic rings. The molecule has 1 fully saturated rings. The number of aryl methyl sites for hydroxylation is 1. The Bertz CT molecular complexity index is 952. The van der Waals surface area contributed by atoms with Crippen molar-refractivity contribution in [1.82, 2.24) is 19.7 Å². The van der Waals surface area contributed by atoms with Crippen LogP contribution in [0.4, 0.5) is 4.39 Å². The second-order valence-electron chi connectivity index (χ2n) is 7.24. The molecule has 3 heterocycles. The van der Waals surface area contributed by atoms with Gasteiger partial charge in [0.25, 0.3) is 0 Å². The highest BCUT2D eigenvalue weighted by molar-refractivity contribution is 5.80. The first-order valence-electron chi connectivity index (χ1n) is 9.59. The predicted molar refractivity (Wildman–Crippen MR) is 105 cm³/mol. The zero-order valence-electron chi connectivity index (χ0n) is 15.9. The van der Waals surface area contributed by atoms with Gasteiger partial charge in [0.2, 0.25) is 5.91 Å². The summed E-state index contributed by atoms with van der Waals surface area (Å²) in [5.74, 6) is -0.231. The number of aromatic nitrogens is 3. The van der Waals surface area contributed by atoms with Gasteiger partial charge in [-0.05, 0) is 54.7 Å². The fourth-order valence-electron chi connectivity index (χ4n) is 3.90. The molecule has 1 saturated heterocycles. The molecule has 1 atom stereocenters. The molecule has 4 rings (SSSR count). The molecule has 0 N–H and O–H groups in total. The summed E-state index contributed by atoms with van der Waals surface area (Å²) in [6, 6.07) is 10.0. The van der Waals surface area contributed by atoms with E-state index in [0.717, 1.165) is 48.2 Å². The lowest BCUT2D eigenvalue weighted by Gasteiger charge is -2.35. The number of carbonyl (C=O) groups is 1. The normalized spacial score (nSPS) is 16.9. The number of halogens is 1. The Morgan fingerprint density at radius 1 is 1.14 bits per heavy atom. The van der Waals surface area contributed by atoms with Crippen LogP contribution in [0, 0.1) is 5.82 Å². The molecule has 1 aliphatic heterocycles. The van der Waals surface area contributed by atoms with Crippen LogP contribution in [-0.2, 0) is 18.3 Å². The maximum atomic E-state index is 13.2. The topological polar surface area (TPSA) is 51.0 Å². The Morgan fingerprint density at radius 2 is 1.89 bits per heavy atom. The minimum Gasteiger partial charge on any atom is -0.334 e. The third-order valence-corrected chi connectivity index (χ3v) is 5.26. The zero-order chi connectivity index (χ0) is 19.5. The van der Waals surface area contributed by atoms with Gasteiger partial charge in [0.05, 0.1) is 18.2 Å². The molecule has 0 spiro atoms. The molecule has 0 aliphatic carbocycles. The number of pyridine rings is 1. The van der Waals surface area contributed by atoms with Gasteiger partial charge in [-0.3, -0.25) is 14.5 Å². The van der Waals surface area contributed by atoms with Crippen LogP contribution in [0.5, 0.6) is 0 Å². The number of carbonyl (C=O) groups excluding carboxylic acids is 1. The second kappa shape index (κ2) is 7.92. The van der Waals surface area contributed by atoms with E-state index in [0.29, 0.717) is 0 Å². The first-order chi connectivity index (χ1) is 13.6. The van der Waals surface area contributed by atoms with Crippen LogP contribution in [0.25, 0.3) is 11.1 Å². The van der Waals surface area contributed by atoms with E-state index in [-0.39, 0.29) is 24.2 Å². The van der Waals surface area contributed by atoms with Crippen LogP contribution < -0.4 is 0 Å². The Balaban J connectivity index is 1.63. The highest BCUT2D eigenvalue weighted by atomic mass is 19.1. The molecule has 2 aromatic heterocycles. The number of likely N-dealkylation sites (tertiary alicyclic amines) is 1. The summed E-state index contributed by atoms with van der Waals surface area (Å²) in [7, 11) is 1.90. The molecule has 3 aromatic rings. The standard InChI is InChI=1S/C22H23FN4O/c1-26-15-19(17-9-11-24-12-10-17)22(25-26)20-4-2-3-13-27(20)21(28)14-16-5-7-18(23)8-6-16/h5-12,15,20H,2-4,13-14H2,1H3/t20-/m0/s1. The smallest absolute Gasteiger partial charge is 0.227 e. The number of hydrogen-bond acceptors (Lipinski definition) is 3. The van der Waals surface area contributed by atoms with E-state index in [4.69, 9.17) is 5.10 Å². The maximum Gasteiger partial charge on any atom is 0.227 e. The second-order valence-corrected chi connectivity index (χ2v) is 7.24. The number of rotatable bonds is 4. The molecule has 0 radical (unpaired) electrons. The summed E-state index contributed by atoms with van der Waals surface area (Å²) >= 11 is 0. The van der Waals surface area contributed by atoms with Gasteiger partial charge in [0.15, 0.2) is 0 Å². The van der Waals surface area contributed by atoms with E-state index in [1.807, 2.05) is 35.0 Å². The Hall–Kier alpha value is -3.02. The van der Waals surface area contributed by atoms with Crippen LogP contribution in [0.2, 0.25) is 0 Å². The van der Waals surface area contributed by atoms with Crippen molar-refractivity contribution >= 4 is 5.91 Å². The lowest BCUT2D eigenvalue weighted by molar-refractivity contribution is -0.134. The zero-order valence-corrected chi connectivity index (χ0v) is 15.9. The number of hydrogen-bond donors (Lipinski definition) is 0. The largest absolute Gasteiger partial charge is 0.334 e. The first kappa shape index (κ1) is 18.3. The van der Waals surface area contributed by atoms with E-state index in [2.05, 4.69) is 4.98 Å². The van der Waals surface area contributed by atoms with Gasteiger partial charge < -0.3 is 4.90 Å². The quantitative estimate of drug-likeness (QED) is 0.691. The molecular weight excluding hydrogens is 355 g/mol. The molecule has 0 unspecified atom stereocenters. The lowest BCUT2D eigenvalue weighted by atomic mass is 9.94. The Kier molecular flexibility index (Phi) is 5.19. The lowest BCUT2D eigenvalue weighted by Crippen LogP contribution is -2.39. The highest BCUT2D eigenvalue weighted by Crippen LogP contribution is 2.36. The van der Waals surface area contributed by atoms with Crippen molar-refractivity contribution in [2.45, 2.75) is 31.7 Å². The van der Waals surface area contributed by atoms with Gasteiger partial charge >= 0.3 is 0 Å². The van der Waals surface area contributed by atoms with Gasteiger partial charge in [-0.25, -0.2) is 4.39 Å². The molecule has 0 saturated carbocycles.